The number of ether oxygens (including phenoxy) is 1. The van der Waals surface area contributed by atoms with E-state index in [1.54, 1.807) is 17.5 Å². The Morgan fingerprint density at radius 3 is 2.75 bits per heavy atom. The average Bonchev–Trinajstić information content (AvgIpc) is 3.02. The molecule has 1 aromatic carbocycles. The molecule has 3 rings (SSSR count). The Kier molecular flexibility index (Phi) is 4.48. The second kappa shape index (κ2) is 6.71. The first-order chi connectivity index (χ1) is 11.6. The number of nitrogens with one attached hydrogen (secondary N) is 3. The minimum absolute atomic E-state index is 0.0569. The molecule has 124 valence electrons. The van der Waals surface area contributed by atoms with Gasteiger partial charge in [0, 0.05) is 0 Å². The molecule has 1 aliphatic rings. The molecule has 0 fully saturated rings. The number of hydrogen-bond donors (Lipinski definition) is 3. The lowest BCUT2D eigenvalue weighted by Gasteiger charge is -2.26. The van der Waals surface area contributed by atoms with Gasteiger partial charge < -0.3 is 20.7 Å². The van der Waals surface area contributed by atoms with Crippen LogP contribution in [0.1, 0.15) is 16.8 Å². The van der Waals surface area contributed by atoms with Crippen LogP contribution in [0.15, 0.2) is 35.7 Å². The Balaban J connectivity index is 1.67. The number of anilines is 3. The molecule has 7 nitrogen and oxygen atoms in total. The van der Waals surface area contributed by atoms with Crippen LogP contribution in [0, 0.1) is 0 Å². The smallest absolute Gasteiger partial charge is 0.340 e. The topological polar surface area (TPSA) is 96.5 Å². The molecule has 0 radical (unpaired) electrons. The van der Waals surface area contributed by atoms with Gasteiger partial charge in [0.05, 0.1) is 30.5 Å². The van der Waals surface area contributed by atoms with Gasteiger partial charge in [-0.05, 0) is 23.6 Å². The number of rotatable bonds is 4. The zero-order chi connectivity index (χ0) is 17.1. The highest BCUT2D eigenvalue weighted by Crippen LogP contribution is 2.28. The third-order valence-corrected chi connectivity index (χ3v) is 4.37. The van der Waals surface area contributed by atoms with Crippen molar-refractivity contribution in [2.75, 3.05) is 23.1 Å². The fourth-order valence-electron chi connectivity index (χ4n) is 2.37. The van der Waals surface area contributed by atoms with E-state index in [1.807, 2.05) is 18.2 Å². The van der Waals surface area contributed by atoms with E-state index in [9.17, 15) is 14.4 Å². The molecule has 0 aliphatic carbocycles. The van der Waals surface area contributed by atoms with Gasteiger partial charge in [-0.1, -0.05) is 12.1 Å². The summed E-state index contributed by atoms with van der Waals surface area (Å²) in [7, 11) is 1.28. The van der Waals surface area contributed by atoms with Crippen LogP contribution < -0.4 is 16.0 Å². The van der Waals surface area contributed by atoms with Crippen LogP contribution in [0.25, 0.3) is 0 Å². The van der Waals surface area contributed by atoms with Gasteiger partial charge in [-0.25, -0.2) is 4.79 Å². The summed E-state index contributed by atoms with van der Waals surface area (Å²) in [5, 5.41) is 10.6. The van der Waals surface area contributed by atoms with E-state index in [1.165, 1.54) is 18.4 Å². The van der Waals surface area contributed by atoms with Gasteiger partial charge in [-0.2, -0.15) is 0 Å². The van der Waals surface area contributed by atoms with Gasteiger partial charge in [0.2, 0.25) is 11.8 Å². The summed E-state index contributed by atoms with van der Waals surface area (Å²) in [6, 6.07) is 8.17. The molecule has 0 bridgehead atoms. The molecule has 0 spiro atoms. The number of hydrogen-bond acceptors (Lipinski definition) is 6. The quantitative estimate of drug-likeness (QED) is 0.739. The van der Waals surface area contributed by atoms with E-state index in [-0.39, 0.29) is 18.2 Å². The number of esters is 1. The highest BCUT2D eigenvalue weighted by atomic mass is 32.1. The molecule has 3 N–H and O–H groups in total. The number of benzene rings is 1. The fourth-order valence-corrected chi connectivity index (χ4v) is 3.17. The highest BCUT2D eigenvalue weighted by Gasteiger charge is 2.27. The molecule has 24 heavy (non-hydrogen) atoms. The molecule has 2 heterocycles. The Morgan fingerprint density at radius 2 is 2.00 bits per heavy atom. The number of amides is 2. The predicted molar refractivity (Wildman–Crippen MR) is 91.4 cm³/mol. The molecule has 0 unspecified atom stereocenters. The summed E-state index contributed by atoms with van der Waals surface area (Å²) >= 11 is 1.22. The van der Waals surface area contributed by atoms with Crippen LogP contribution in [0.3, 0.4) is 0 Å². The van der Waals surface area contributed by atoms with Crippen molar-refractivity contribution in [3.63, 3.8) is 0 Å². The van der Waals surface area contributed by atoms with Gasteiger partial charge in [-0.15, -0.1) is 11.3 Å². The van der Waals surface area contributed by atoms with Gasteiger partial charge in [0.15, 0.2) is 0 Å². The second-order valence-corrected chi connectivity index (χ2v) is 6.06. The first kappa shape index (κ1) is 16.0. The van der Waals surface area contributed by atoms with Crippen LogP contribution in [-0.2, 0) is 14.3 Å². The summed E-state index contributed by atoms with van der Waals surface area (Å²) < 4.78 is 4.66. The standard InChI is InChI=1S/C16H15N3O4S/c1-23-16(22)9-6-7-24-15(9)19-13(20)8-12-14(21)18-11-5-3-2-4-10(11)17-12/h2-7,12,17H,8H2,1H3,(H,18,21)(H,19,20)/t12-/m0/s1. The number of fused-ring (bicyclic) bond motifs is 1. The molecule has 1 atom stereocenters. The zero-order valence-electron chi connectivity index (χ0n) is 12.8. The summed E-state index contributed by atoms with van der Waals surface area (Å²) in [4.78, 5) is 35.9. The number of carbonyl (C=O) groups is 3. The lowest BCUT2D eigenvalue weighted by molar-refractivity contribution is -0.122. The van der Waals surface area contributed by atoms with Crippen molar-refractivity contribution >= 4 is 45.5 Å². The van der Waals surface area contributed by atoms with E-state index in [0.717, 1.165) is 5.69 Å². The predicted octanol–water partition coefficient (Wildman–Crippen LogP) is 2.30. The van der Waals surface area contributed by atoms with Crippen LogP contribution >= 0.6 is 11.3 Å². The monoisotopic (exact) mass is 345 g/mol. The third kappa shape index (κ3) is 3.23. The highest BCUT2D eigenvalue weighted by molar-refractivity contribution is 7.14. The van der Waals surface area contributed by atoms with Crippen molar-refractivity contribution < 1.29 is 19.1 Å². The van der Waals surface area contributed by atoms with Crippen molar-refractivity contribution in [2.24, 2.45) is 0 Å². The minimum atomic E-state index is -0.679. The number of carbonyl (C=O) groups excluding carboxylic acids is 3. The minimum Gasteiger partial charge on any atom is -0.465 e. The molecule has 0 saturated heterocycles. The van der Waals surface area contributed by atoms with E-state index in [4.69, 9.17) is 0 Å². The maximum absolute atomic E-state index is 12.2. The van der Waals surface area contributed by atoms with E-state index in [2.05, 4.69) is 20.7 Å². The summed E-state index contributed by atoms with van der Waals surface area (Å²) in [5.41, 5.74) is 1.74. The van der Waals surface area contributed by atoms with Crippen LogP contribution in [0.2, 0.25) is 0 Å². The number of methoxy groups -OCH3 is 1. The summed E-state index contributed by atoms with van der Waals surface area (Å²) in [6.45, 7) is 0. The van der Waals surface area contributed by atoms with Crippen molar-refractivity contribution in [3.05, 3.63) is 41.3 Å². The molecule has 2 aromatic rings. The SMILES string of the molecule is COC(=O)c1ccsc1NC(=O)C[C@@H]1Nc2ccccc2NC1=O. The van der Waals surface area contributed by atoms with Gasteiger partial charge in [-0.3, -0.25) is 9.59 Å². The normalized spacial score (nSPS) is 15.7. The maximum atomic E-state index is 12.2. The molecular weight excluding hydrogens is 330 g/mol. The maximum Gasteiger partial charge on any atom is 0.340 e. The lowest BCUT2D eigenvalue weighted by Crippen LogP contribution is -2.41. The number of thiophene rings is 1. The fraction of sp³-hybridized carbons (Fsp3) is 0.188. The van der Waals surface area contributed by atoms with Crippen LogP contribution in [-0.4, -0.2) is 30.9 Å². The van der Waals surface area contributed by atoms with E-state index >= 15 is 0 Å². The van der Waals surface area contributed by atoms with Crippen LogP contribution in [0.4, 0.5) is 16.4 Å². The molecule has 2 amide bonds. The van der Waals surface area contributed by atoms with Crippen molar-refractivity contribution in [1.29, 1.82) is 0 Å². The first-order valence-corrected chi connectivity index (χ1v) is 8.08. The molecular formula is C16H15N3O4S. The van der Waals surface area contributed by atoms with Gasteiger partial charge in [0.25, 0.3) is 0 Å². The Labute approximate surface area is 142 Å². The summed E-state index contributed by atoms with van der Waals surface area (Å²) in [5.74, 6) is -1.16. The molecule has 0 saturated carbocycles. The van der Waals surface area contributed by atoms with Crippen molar-refractivity contribution in [3.8, 4) is 0 Å². The van der Waals surface area contributed by atoms with Gasteiger partial charge >= 0.3 is 5.97 Å². The Hall–Kier alpha value is -2.87. The number of para-hydroxylation sites is 2. The van der Waals surface area contributed by atoms with Gasteiger partial charge in [0.1, 0.15) is 11.0 Å². The van der Waals surface area contributed by atoms with E-state index < -0.39 is 12.0 Å². The first-order valence-electron chi connectivity index (χ1n) is 7.20. The molecule has 8 heteroatoms. The average molecular weight is 345 g/mol. The van der Waals surface area contributed by atoms with E-state index in [0.29, 0.717) is 16.3 Å². The summed E-state index contributed by atoms with van der Waals surface area (Å²) in [6.07, 6.45) is -0.0569. The third-order valence-electron chi connectivity index (χ3n) is 3.54. The Bertz CT molecular complexity index is 802. The zero-order valence-corrected chi connectivity index (χ0v) is 13.6. The van der Waals surface area contributed by atoms with Crippen LogP contribution in [0.5, 0.6) is 0 Å². The molecule has 1 aliphatic heterocycles. The second-order valence-electron chi connectivity index (χ2n) is 5.14. The lowest BCUT2D eigenvalue weighted by atomic mass is 10.1. The largest absolute Gasteiger partial charge is 0.465 e. The van der Waals surface area contributed by atoms with Crippen molar-refractivity contribution in [2.45, 2.75) is 12.5 Å². The Morgan fingerprint density at radius 1 is 1.25 bits per heavy atom. The molecule has 1 aromatic heterocycles. The van der Waals surface area contributed by atoms with Crippen molar-refractivity contribution in [1.82, 2.24) is 0 Å².